The number of hydrogen-bond acceptors (Lipinski definition) is 4. The van der Waals surface area contributed by atoms with Crippen LogP contribution in [-0.2, 0) is 0 Å². The van der Waals surface area contributed by atoms with Crippen LogP contribution >= 0.6 is 23.6 Å². The Bertz CT molecular complexity index is 783. The number of hydrogen-bond donors (Lipinski definition) is 2. The van der Waals surface area contributed by atoms with E-state index in [2.05, 4.69) is 9.98 Å². The predicted molar refractivity (Wildman–Crippen MR) is 87.9 cm³/mol. The van der Waals surface area contributed by atoms with Gasteiger partial charge in [0.05, 0.1) is 32.3 Å². The molecule has 0 aliphatic carbocycles. The SMILES string of the molecule is CC/C=C\C(=S)c1[nH]c(O)c2c1C(=O)N=C2c1cccs1. The highest BCUT2D eigenvalue weighted by Crippen LogP contribution is 2.34. The number of carbonyl (C=O) groups excluding carboxylic acids is 1. The number of H-pyrrole nitrogens is 1. The lowest BCUT2D eigenvalue weighted by molar-refractivity contribution is 0.101. The topological polar surface area (TPSA) is 65.4 Å². The van der Waals surface area contributed by atoms with Gasteiger partial charge in [0.2, 0.25) is 0 Å². The standard InChI is InChI=1S/C15H12N2O2S2/c1-2-3-5-8(20)12-10-11(15(19)16-12)13(17-14(10)18)9-6-4-7-21-9/h3-7,16,19H,2H2,1H3/b5-3-. The zero-order valence-corrected chi connectivity index (χ0v) is 12.8. The van der Waals surface area contributed by atoms with E-state index in [9.17, 15) is 9.90 Å². The van der Waals surface area contributed by atoms with Crippen LogP contribution in [0.2, 0.25) is 0 Å². The number of nitrogens with one attached hydrogen (secondary N) is 1. The van der Waals surface area contributed by atoms with Crippen LogP contribution in [0.3, 0.4) is 0 Å². The van der Waals surface area contributed by atoms with E-state index in [4.69, 9.17) is 12.2 Å². The van der Waals surface area contributed by atoms with Crippen LogP contribution in [0.1, 0.15) is 39.8 Å². The van der Waals surface area contributed by atoms with Crippen molar-refractivity contribution >= 4 is 40.0 Å². The third kappa shape index (κ3) is 2.26. The second kappa shape index (κ2) is 5.38. The zero-order chi connectivity index (χ0) is 15.0. The summed E-state index contributed by atoms with van der Waals surface area (Å²) < 4.78 is 0. The number of amides is 1. The van der Waals surface area contributed by atoms with Crippen LogP contribution in [0.15, 0.2) is 34.7 Å². The number of aromatic amines is 1. The smallest absolute Gasteiger partial charge is 0.280 e. The molecule has 0 atom stereocenters. The van der Waals surface area contributed by atoms with Crippen LogP contribution in [0.25, 0.3) is 0 Å². The molecule has 106 valence electrons. The molecule has 0 fully saturated rings. The number of rotatable bonds is 4. The fraction of sp³-hybridized carbons (Fsp3) is 0.133. The monoisotopic (exact) mass is 316 g/mol. The van der Waals surface area contributed by atoms with Crippen molar-refractivity contribution in [2.24, 2.45) is 4.99 Å². The van der Waals surface area contributed by atoms with Crippen molar-refractivity contribution in [2.75, 3.05) is 0 Å². The first-order valence-electron chi connectivity index (χ1n) is 6.46. The molecule has 1 aliphatic rings. The van der Waals surface area contributed by atoms with Crippen LogP contribution < -0.4 is 0 Å². The van der Waals surface area contributed by atoms with Crippen molar-refractivity contribution in [2.45, 2.75) is 13.3 Å². The molecule has 0 saturated carbocycles. The van der Waals surface area contributed by atoms with Crippen molar-refractivity contribution in [3.63, 3.8) is 0 Å². The summed E-state index contributed by atoms with van der Waals surface area (Å²) in [6.45, 7) is 2.00. The van der Waals surface area contributed by atoms with Crippen molar-refractivity contribution in [1.29, 1.82) is 0 Å². The average molecular weight is 316 g/mol. The molecule has 1 amide bonds. The molecule has 0 saturated heterocycles. The first-order valence-corrected chi connectivity index (χ1v) is 7.75. The summed E-state index contributed by atoms with van der Waals surface area (Å²) in [7, 11) is 0. The third-order valence-electron chi connectivity index (χ3n) is 3.15. The van der Waals surface area contributed by atoms with Crippen molar-refractivity contribution in [1.82, 2.24) is 4.98 Å². The number of carbonyl (C=O) groups is 1. The maximum atomic E-state index is 12.2. The van der Waals surface area contributed by atoms with Gasteiger partial charge in [0.25, 0.3) is 5.91 Å². The quantitative estimate of drug-likeness (QED) is 0.516. The molecule has 1 aliphatic heterocycles. The summed E-state index contributed by atoms with van der Waals surface area (Å²) in [5, 5.41) is 12.0. The van der Waals surface area contributed by atoms with Gasteiger partial charge in [-0.15, -0.1) is 11.3 Å². The minimum atomic E-state index is -0.368. The lowest BCUT2D eigenvalue weighted by atomic mass is 10.1. The molecule has 3 rings (SSSR count). The minimum Gasteiger partial charge on any atom is -0.494 e. The molecule has 2 N–H and O–H groups in total. The second-order valence-corrected chi connectivity index (χ2v) is 5.90. The molecular weight excluding hydrogens is 304 g/mol. The molecular formula is C15H12N2O2S2. The molecule has 21 heavy (non-hydrogen) atoms. The summed E-state index contributed by atoms with van der Waals surface area (Å²) in [5.41, 5.74) is 1.78. The van der Waals surface area contributed by atoms with Gasteiger partial charge in [-0.05, 0) is 23.9 Å². The fourth-order valence-corrected chi connectivity index (χ4v) is 3.20. The van der Waals surface area contributed by atoms with Crippen LogP contribution in [0.5, 0.6) is 5.88 Å². The van der Waals surface area contributed by atoms with Gasteiger partial charge >= 0.3 is 0 Å². The minimum absolute atomic E-state index is 0.0646. The van der Waals surface area contributed by atoms with Gasteiger partial charge in [-0.25, -0.2) is 4.99 Å². The number of aromatic nitrogens is 1. The Balaban J connectivity index is 2.11. The molecule has 0 radical (unpaired) electrons. The predicted octanol–water partition coefficient (Wildman–Crippen LogP) is 3.46. The van der Waals surface area contributed by atoms with Crippen molar-refractivity contribution in [3.05, 3.63) is 51.4 Å². The lowest BCUT2D eigenvalue weighted by Crippen LogP contribution is -2.01. The first kappa shape index (κ1) is 13.9. The van der Waals surface area contributed by atoms with Gasteiger partial charge in [0.15, 0.2) is 5.88 Å². The third-order valence-corrected chi connectivity index (χ3v) is 4.37. The molecule has 0 spiro atoms. The fourth-order valence-electron chi connectivity index (χ4n) is 2.23. The molecule has 6 heteroatoms. The second-order valence-electron chi connectivity index (χ2n) is 4.52. The maximum Gasteiger partial charge on any atom is 0.280 e. The average Bonchev–Trinajstić information content (AvgIpc) is 3.15. The van der Waals surface area contributed by atoms with Crippen LogP contribution in [0, 0.1) is 0 Å². The molecule has 4 nitrogen and oxygen atoms in total. The number of aromatic hydroxyl groups is 1. The number of thiocarbonyl (C=S) groups is 1. The van der Waals surface area contributed by atoms with Crippen molar-refractivity contribution in [3.8, 4) is 5.88 Å². The van der Waals surface area contributed by atoms with E-state index < -0.39 is 0 Å². The van der Waals surface area contributed by atoms with Gasteiger partial charge in [-0.2, -0.15) is 0 Å². The molecule has 0 unspecified atom stereocenters. The Labute approximate surface area is 130 Å². The number of allylic oxidation sites excluding steroid dienone is 2. The Hall–Kier alpha value is -2.05. The van der Waals surface area contributed by atoms with Gasteiger partial charge in [-0.1, -0.05) is 31.3 Å². The number of nitrogens with zero attached hydrogens (tertiary/aromatic N) is 1. The summed E-state index contributed by atoms with van der Waals surface area (Å²) >= 11 is 6.77. The number of thiophene rings is 1. The van der Waals surface area contributed by atoms with Gasteiger partial charge in [0.1, 0.15) is 0 Å². The van der Waals surface area contributed by atoms with Crippen LogP contribution in [-0.4, -0.2) is 26.6 Å². The zero-order valence-electron chi connectivity index (χ0n) is 11.2. The van der Waals surface area contributed by atoms with E-state index in [1.165, 1.54) is 11.3 Å². The number of fused-ring (bicyclic) bond motifs is 1. The Kier molecular flexibility index (Phi) is 3.57. The lowest BCUT2D eigenvalue weighted by Gasteiger charge is -1.96. The van der Waals surface area contributed by atoms with Crippen molar-refractivity contribution < 1.29 is 9.90 Å². The number of aliphatic imine (C=N–C) groups is 1. The van der Waals surface area contributed by atoms with Gasteiger partial charge < -0.3 is 10.1 Å². The highest BCUT2D eigenvalue weighted by Gasteiger charge is 2.34. The van der Waals surface area contributed by atoms with E-state index in [1.54, 1.807) is 6.08 Å². The largest absolute Gasteiger partial charge is 0.494 e. The van der Waals surface area contributed by atoms with Gasteiger partial charge in [0, 0.05) is 0 Å². The van der Waals surface area contributed by atoms with E-state index in [1.807, 2.05) is 30.5 Å². The Morgan fingerprint density at radius 3 is 3.00 bits per heavy atom. The summed E-state index contributed by atoms with van der Waals surface area (Å²) in [4.78, 5) is 20.4. The van der Waals surface area contributed by atoms with E-state index in [0.29, 0.717) is 27.4 Å². The Morgan fingerprint density at radius 2 is 2.33 bits per heavy atom. The normalized spacial score (nSPS) is 13.8. The summed E-state index contributed by atoms with van der Waals surface area (Å²) in [6.07, 6.45) is 4.52. The molecule has 0 bridgehead atoms. The maximum absolute atomic E-state index is 12.2. The van der Waals surface area contributed by atoms with E-state index in [-0.39, 0.29) is 11.8 Å². The summed E-state index contributed by atoms with van der Waals surface area (Å²) in [6, 6.07) is 3.75. The molecule has 0 aromatic carbocycles. The molecule has 2 aromatic rings. The highest BCUT2D eigenvalue weighted by atomic mass is 32.1. The van der Waals surface area contributed by atoms with Crippen LogP contribution in [0.4, 0.5) is 0 Å². The highest BCUT2D eigenvalue weighted by molar-refractivity contribution is 7.81. The summed E-state index contributed by atoms with van der Waals surface area (Å²) in [5.74, 6) is -0.433. The first-order chi connectivity index (χ1) is 10.1. The Morgan fingerprint density at radius 1 is 1.52 bits per heavy atom. The van der Waals surface area contributed by atoms with E-state index >= 15 is 0 Å². The van der Waals surface area contributed by atoms with E-state index in [0.717, 1.165) is 11.3 Å². The van der Waals surface area contributed by atoms with Gasteiger partial charge in [-0.3, -0.25) is 4.79 Å². The molecule has 3 heterocycles. The molecule has 2 aromatic heterocycles.